The lowest BCUT2D eigenvalue weighted by molar-refractivity contribution is -0.143. The van der Waals surface area contributed by atoms with Crippen molar-refractivity contribution in [2.24, 2.45) is 0 Å². The van der Waals surface area contributed by atoms with Gasteiger partial charge in [-0.3, -0.25) is 4.79 Å². The smallest absolute Gasteiger partial charge is 0.408 e. The molecule has 0 radical (unpaired) electrons. The molecule has 7 nitrogen and oxygen atoms in total. The first-order valence-electron chi connectivity index (χ1n) is 7.16. The van der Waals surface area contributed by atoms with Gasteiger partial charge in [-0.15, -0.1) is 0 Å². The van der Waals surface area contributed by atoms with E-state index in [1.54, 1.807) is 27.7 Å². The molecule has 1 amide bonds. The van der Waals surface area contributed by atoms with Gasteiger partial charge in [-0.05, 0) is 33.8 Å². The van der Waals surface area contributed by atoms with Crippen LogP contribution in [0.2, 0.25) is 0 Å². The van der Waals surface area contributed by atoms with Gasteiger partial charge >= 0.3 is 12.1 Å². The second kappa shape index (κ2) is 9.12. The van der Waals surface area contributed by atoms with Crippen molar-refractivity contribution in [1.29, 1.82) is 0 Å². The Balaban J connectivity index is 5.21. The van der Waals surface area contributed by atoms with Crippen LogP contribution in [0.4, 0.5) is 4.79 Å². The molecule has 0 heterocycles. The Labute approximate surface area is 142 Å². The molecule has 0 aliphatic heterocycles. The molecule has 0 aromatic heterocycles. The zero-order chi connectivity index (χ0) is 18.3. The summed E-state index contributed by atoms with van der Waals surface area (Å²) in [5, 5.41) is 2.40. The van der Waals surface area contributed by atoms with Gasteiger partial charge in [0.25, 0.3) is 0 Å². The molecule has 0 aliphatic carbocycles. The molecule has 9 heteroatoms. The van der Waals surface area contributed by atoms with Crippen LogP contribution >= 0.6 is 11.6 Å². The molecule has 0 unspecified atom stereocenters. The topological polar surface area (TPSA) is 98.8 Å². The molecule has 0 saturated heterocycles. The molecule has 23 heavy (non-hydrogen) atoms. The van der Waals surface area contributed by atoms with Crippen LogP contribution < -0.4 is 5.32 Å². The predicted molar refractivity (Wildman–Crippen MR) is 87.8 cm³/mol. The fourth-order valence-electron chi connectivity index (χ4n) is 1.41. The minimum absolute atomic E-state index is 0.169. The van der Waals surface area contributed by atoms with Crippen molar-refractivity contribution >= 4 is 33.5 Å². The van der Waals surface area contributed by atoms with Gasteiger partial charge in [-0.25, -0.2) is 13.2 Å². The second-order valence-electron chi connectivity index (χ2n) is 5.64. The average Bonchev–Trinajstić information content (AvgIpc) is 2.36. The summed E-state index contributed by atoms with van der Waals surface area (Å²) in [4.78, 5) is 23.4. The SMILES string of the molecule is CCOC(=O)C[C@@H](C=C(Cl)S(=O)(=O)CC)NC(=O)OC(C)(C)C. The highest BCUT2D eigenvalue weighted by molar-refractivity contribution is 7.96. The van der Waals surface area contributed by atoms with Gasteiger partial charge in [0.15, 0.2) is 9.84 Å². The van der Waals surface area contributed by atoms with Crippen molar-refractivity contribution in [2.75, 3.05) is 12.4 Å². The molecular formula is C14H24ClNO6S. The van der Waals surface area contributed by atoms with Crippen LogP contribution in [0.1, 0.15) is 41.0 Å². The molecular weight excluding hydrogens is 346 g/mol. The monoisotopic (exact) mass is 369 g/mol. The fourth-order valence-corrected chi connectivity index (χ4v) is 2.54. The number of esters is 1. The quantitative estimate of drug-likeness (QED) is 0.691. The van der Waals surface area contributed by atoms with Crippen molar-refractivity contribution in [2.45, 2.75) is 52.7 Å². The number of halogens is 1. The number of sulfone groups is 1. The minimum Gasteiger partial charge on any atom is -0.466 e. The first-order chi connectivity index (χ1) is 10.4. The van der Waals surface area contributed by atoms with Gasteiger partial charge in [-0.2, -0.15) is 0 Å². The highest BCUT2D eigenvalue weighted by Gasteiger charge is 2.23. The number of hydrogen-bond donors (Lipinski definition) is 1. The Morgan fingerprint density at radius 2 is 1.83 bits per heavy atom. The number of hydrogen-bond acceptors (Lipinski definition) is 6. The zero-order valence-electron chi connectivity index (χ0n) is 14.0. The van der Waals surface area contributed by atoms with Gasteiger partial charge in [0.05, 0.1) is 24.8 Å². The molecule has 134 valence electrons. The number of alkyl carbamates (subject to hydrolysis) is 1. The highest BCUT2D eigenvalue weighted by atomic mass is 35.5. The molecule has 0 fully saturated rings. The number of carbonyl (C=O) groups excluding carboxylic acids is 2. The molecule has 1 atom stereocenters. The van der Waals surface area contributed by atoms with Crippen molar-refractivity contribution in [1.82, 2.24) is 5.32 Å². The molecule has 0 bridgehead atoms. The molecule has 0 spiro atoms. The second-order valence-corrected chi connectivity index (χ2v) is 8.51. The molecule has 0 rings (SSSR count). The Morgan fingerprint density at radius 1 is 1.26 bits per heavy atom. The van der Waals surface area contributed by atoms with E-state index in [1.807, 2.05) is 0 Å². The number of nitrogens with one attached hydrogen (secondary N) is 1. The third-order valence-electron chi connectivity index (χ3n) is 2.40. The number of ether oxygens (including phenoxy) is 2. The normalized spacial score (nSPS) is 14.1. The maximum atomic E-state index is 11.8. The van der Waals surface area contributed by atoms with Gasteiger partial charge in [-0.1, -0.05) is 18.5 Å². The van der Waals surface area contributed by atoms with Crippen LogP contribution in [0.25, 0.3) is 0 Å². The van der Waals surface area contributed by atoms with E-state index in [0.717, 1.165) is 6.08 Å². The largest absolute Gasteiger partial charge is 0.466 e. The van der Waals surface area contributed by atoms with Crippen LogP contribution in [0, 0.1) is 0 Å². The Kier molecular flexibility index (Phi) is 8.61. The van der Waals surface area contributed by atoms with Gasteiger partial charge < -0.3 is 14.8 Å². The van der Waals surface area contributed by atoms with Crippen molar-refractivity contribution in [3.05, 3.63) is 10.4 Å². The van der Waals surface area contributed by atoms with Gasteiger partial charge in [0.2, 0.25) is 0 Å². The van der Waals surface area contributed by atoms with E-state index < -0.39 is 37.9 Å². The van der Waals surface area contributed by atoms with Crippen molar-refractivity contribution in [3.63, 3.8) is 0 Å². The van der Waals surface area contributed by atoms with E-state index in [9.17, 15) is 18.0 Å². The molecule has 0 aromatic carbocycles. The summed E-state index contributed by atoms with van der Waals surface area (Å²) >= 11 is 5.77. The van der Waals surface area contributed by atoms with Crippen LogP contribution in [-0.2, 0) is 24.1 Å². The summed E-state index contributed by atoms with van der Waals surface area (Å²) in [6.07, 6.45) is 0.0467. The maximum absolute atomic E-state index is 11.8. The summed E-state index contributed by atoms with van der Waals surface area (Å²) in [5.74, 6) is -0.788. The lowest BCUT2D eigenvalue weighted by atomic mass is 10.2. The molecule has 0 aromatic rings. The summed E-state index contributed by atoms with van der Waals surface area (Å²) in [6.45, 7) is 8.28. The lowest BCUT2D eigenvalue weighted by Crippen LogP contribution is -2.39. The third kappa shape index (κ3) is 9.45. The summed E-state index contributed by atoms with van der Waals surface area (Å²) in [6, 6.07) is -0.960. The fraction of sp³-hybridized carbons (Fsp3) is 0.714. The van der Waals surface area contributed by atoms with E-state index in [-0.39, 0.29) is 18.8 Å². The first kappa shape index (κ1) is 21.7. The molecule has 0 saturated carbocycles. The average molecular weight is 370 g/mol. The lowest BCUT2D eigenvalue weighted by Gasteiger charge is -2.22. The van der Waals surface area contributed by atoms with E-state index >= 15 is 0 Å². The minimum atomic E-state index is -3.63. The van der Waals surface area contributed by atoms with E-state index in [0.29, 0.717) is 0 Å². The van der Waals surface area contributed by atoms with Crippen molar-refractivity contribution < 1.29 is 27.5 Å². The summed E-state index contributed by atoms with van der Waals surface area (Å²) < 4.78 is 32.8. The first-order valence-corrected chi connectivity index (χ1v) is 9.19. The highest BCUT2D eigenvalue weighted by Crippen LogP contribution is 2.15. The summed E-state index contributed by atoms with van der Waals surface area (Å²) in [5.41, 5.74) is -0.735. The van der Waals surface area contributed by atoms with E-state index in [1.165, 1.54) is 6.92 Å². The predicted octanol–water partition coefficient (Wildman–Crippen LogP) is 2.35. The van der Waals surface area contributed by atoms with Crippen molar-refractivity contribution in [3.8, 4) is 0 Å². The van der Waals surface area contributed by atoms with E-state index in [4.69, 9.17) is 21.1 Å². The maximum Gasteiger partial charge on any atom is 0.408 e. The van der Waals surface area contributed by atoms with Crippen LogP contribution in [0.15, 0.2) is 10.4 Å². The van der Waals surface area contributed by atoms with Crippen LogP contribution in [0.3, 0.4) is 0 Å². The Morgan fingerprint density at radius 3 is 2.26 bits per heavy atom. The number of amides is 1. The van der Waals surface area contributed by atoms with Gasteiger partial charge in [0, 0.05) is 0 Å². The Hall–Kier alpha value is -1.28. The summed E-state index contributed by atoms with van der Waals surface area (Å²) in [7, 11) is -3.63. The number of rotatable bonds is 7. The molecule has 0 aliphatic rings. The third-order valence-corrected chi connectivity index (χ3v) is 4.73. The molecule has 1 N–H and O–H groups in total. The standard InChI is InChI=1S/C14H24ClNO6S/c1-6-21-12(17)9-10(8-11(15)23(19,20)7-2)16-13(18)22-14(3,4)5/h8,10H,6-7,9H2,1-5H3,(H,16,18)/t10-/m1/s1. The van der Waals surface area contributed by atoms with Crippen LogP contribution in [-0.4, -0.2) is 44.5 Å². The Bertz CT molecular complexity index is 550. The zero-order valence-corrected chi connectivity index (χ0v) is 15.6. The van der Waals surface area contributed by atoms with Crippen LogP contribution in [0.5, 0.6) is 0 Å². The number of carbonyl (C=O) groups is 2. The van der Waals surface area contributed by atoms with Gasteiger partial charge in [0.1, 0.15) is 9.97 Å². The van der Waals surface area contributed by atoms with E-state index in [2.05, 4.69) is 5.32 Å².